The van der Waals surface area contributed by atoms with E-state index in [1.165, 1.54) is 21.7 Å². The van der Waals surface area contributed by atoms with Gasteiger partial charge in [-0.15, -0.1) is 34.0 Å². The zero-order valence-electron chi connectivity index (χ0n) is 15.9. The second kappa shape index (κ2) is 8.27. The molecule has 1 saturated heterocycles. The SMILES string of the molecule is O=C(Nc1sccc1-c1nc2ccccc2s1)C1CCCN1S(=O)(=O)c1ccc(Cl)s1. The number of carbonyl (C=O) groups is 1. The van der Waals surface area contributed by atoms with Gasteiger partial charge in [0.1, 0.15) is 20.3 Å². The first-order valence-corrected chi connectivity index (χ1v) is 13.8. The Morgan fingerprint density at radius 3 is 2.77 bits per heavy atom. The summed E-state index contributed by atoms with van der Waals surface area (Å²) < 4.78 is 29.0. The fourth-order valence-corrected chi connectivity index (χ4v) is 8.72. The summed E-state index contributed by atoms with van der Waals surface area (Å²) in [5.41, 5.74) is 1.76. The molecule has 1 aliphatic rings. The molecular formula is C20H16ClN3O3S4. The van der Waals surface area contributed by atoms with Gasteiger partial charge >= 0.3 is 0 Å². The van der Waals surface area contributed by atoms with Crippen LogP contribution in [0.3, 0.4) is 0 Å². The maximum absolute atomic E-state index is 13.1. The number of anilines is 1. The van der Waals surface area contributed by atoms with Crippen LogP contribution in [0.25, 0.3) is 20.8 Å². The number of carbonyl (C=O) groups excluding carboxylic acids is 1. The quantitative estimate of drug-likeness (QED) is 0.383. The lowest BCUT2D eigenvalue weighted by Gasteiger charge is -2.22. The summed E-state index contributed by atoms with van der Waals surface area (Å²) in [6.45, 7) is 0.311. The Morgan fingerprint density at radius 2 is 2.00 bits per heavy atom. The number of hydrogen-bond acceptors (Lipinski definition) is 7. The summed E-state index contributed by atoms with van der Waals surface area (Å²) >= 11 is 9.89. The number of amides is 1. The first-order valence-electron chi connectivity index (χ1n) is 9.45. The second-order valence-electron chi connectivity index (χ2n) is 6.97. The Kier molecular flexibility index (Phi) is 5.61. The van der Waals surface area contributed by atoms with Crippen LogP contribution in [-0.2, 0) is 14.8 Å². The monoisotopic (exact) mass is 509 g/mol. The van der Waals surface area contributed by atoms with Crippen molar-refractivity contribution in [3.63, 3.8) is 0 Å². The summed E-state index contributed by atoms with van der Waals surface area (Å²) in [4.78, 5) is 17.8. The van der Waals surface area contributed by atoms with Crippen molar-refractivity contribution in [1.29, 1.82) is 0 Å². The van der Waals surface area contributed by atoms with Crippen molar-refractivity contribution < 1.29 is 13.2 Å². The fraction of sp³-hybridized carbons (Fsp3) is 0.200. The van der Waals surface area contributed by atoms with Gasteiger partial charge in [-0.25, -0.2) is 13.4 Å². The molecular weight excluding hydrogens is 494 g/mol. The number of nitrogens with zero attached hydrogens (tertiary/aromatic N) is 2. The van der Waals surface area contributed by atoms with Gasteiger partial charge in [0, 0.05) is 12.1 Å². The minimum atomic E-state index is -3.77. The average molecular weight is 510 g/mol. The van der Waals surface area contributed by atoms with E-state index in [2.05, 4.69) is 10.3 Å². The van der Waals surface area contributed by atoms with Crippen LogP contribution >= 0.6 is 45.6 Å². The van der Waals surface area contributed by atoms with Gasteiger partial charge < -0.3 is 5.32 Å². The molecule has 0 aliphatic carbocycles. The van der Waals surface area contributed by atoms with Gasteiger partial charge in [-0.3, -0.25) is 4.79 Å². The van der Waals surface area contributed by atoms with Gasteiger partial charge in [0.2, 0.25) is 5.91 Å². The van der Waals surface area contributed by atoms with Gasteiger partial charge in [-0.05, 0) is 48.6 Å². The Bertz CT molecular complexity index is 1340. The van der Waals surface area contributed by atoms with E-state index in [9.17, 15) is 13.2 Å². The number of rotatable bonds is 5. The average Bonchev–Trinajstić information content (AvgIpc) is 3.52. The third-order valence-corrected chi connectivity index (χ3v) is 10.6. The first-order chi connectivity index (χ1) is 14.9. The molecule has 1 aliphatic heterocycles. The van der Waals surface area contributed by atoms with Gasteiger partial charge in [0.25, 0.3) is 10.0 Å². The first kappa shape index (κ1) is 21.0. The number of halogens is 1. The smallest absolute Gasteiger partial charge is 0.253 e. The summed E-state index contributed by atoms with van der Waals surface area (Å²) in [5.74, 6) is -0.325. The molecule has 4 heterocycles. The number of thiazole rings is 1. The zero-order valence-corrected chi connectivity index (χ0v) is 20.0. The Labute approximate surface area is 196 Å². The van der Waals surface area contributed by atoms with E-state index in [4.69, 9.17) is 11.6 Å². The normalized spacial score (nSPS) is 17.4. The predicted octanol–water partition coefficient (Wildman–Crippen LogP) is 5.53. The Balaban J connectivity index is 1.40. The number of nitrogens with one attached hydrogen (secondary N) is 1. The van der Waals surface area contributed by atoms with Gasteiger partial charge in [-0.2, -0.15) is 4.31 Å². The highest BCUT2D eigenvalue weighted by Gasteiger charge is 2.40. The molecule has 1 aromatic carbocycles. The van der Waals surface area contributed by atoms with Crippen molar-refractivity contribution in [2.24, 2.45) is 0 Å². The molecule has 1 unspecified atom stereocenters. The number of benzene rings is 1. The largest absolute Gasteiger partial charge is 0.316 e. The highest BCUT2D eigenvalue weighted by Crippen LogP contribution is 2.38. The number of thiophene rings is 2. The summed E-state index contributed by atoms with van der Waals surface area (Å²) in [6.07, 6.45) is 1.11. The molecule has 11 heteroatoms. The van der Waals surface area contributed by atoms with Crippen LogP contribution < -0.4 is 5.32 Å². The van der Waals surface area contributed by atoms with E-state index in [1.54, 1.807) is 17.4 Å². The van der Waals surface area contributed by atoms with E-state index in [0.29, 0.717) is 28.7 Å². The molecule has 6 nitrogen and oxygen atoms in total. The van der Waals surface area contributed by atoms with Crippen LogP contribution in [0, 0.1) is 0 Å². The lowest BCUT2D eigenvalue weighted by atomic mass is 10.2. The molecule has 1 atom stereocenters. The number of fused-ring (bicyclic) bond motifs is 1. The van der Waals surface area contributed by atoms with E-state index in [0.717, 1.165) is 32.1 Å². The second-order valence-corrected chi connectivity index (χ2v) is 12.8. The third kappa shape index (κ3) is 3.92. The van der Waals surface area contributed by atoms with E-state index < -0.39 is 16.1 Å². The molecule has 5 rings (SSSR count). The molecule has 160 valence electrons. The van der Waals surface area contributed by atoms with Crippen LogP contribution in [0.15, 0.2) is 52.1 Å². The summed E-state index contributed by atoms with van der Waals surface area (Å²) in [6, 6.07) is 12.1. The molecule has 4 aromatic rings. The van der Waals surface area contributed by atoms with Crippen LogP contribution in [0.1, 0.15) is 12.8 Å². The van der Waals surface area contributed by atoms with Crippen molar-refractivity contribution in [3.8, 4) is 10.6 Å². The summed E-state index contributed by atoms with van der Waals surface area (Å²) in [5, 5.41) is 6.34. The highest BCUT2D eigenvalue weighted by molar-refractivity contribution is 7.91. The Hall–Kier alpha value is -1.82. The summed E-state index contributed by atoms with van der Waals surface area (Å²) in [7, 11) is -3.77. The minimum absolute atomic E-state index is 0.156. The zero-order chi connectivity index (χ0) is 21.6. The van der Waals surface area contributed by atoms with E-state index in [-0.39, 0.29) is 10.1 Å². The molecule has 1 N–H and O–H groups in total. The van der Waals surface area contributed by atoms with Gasteiger partial charge in [0.15, 0.2) is 0 Å². The lowest BCUT2D eigenvalue weighted by molar-refractivity contribution is -0.119. The predicted molar refractivity (Wildman–Crippen MR) is 128 cm³/mol. The number of hydrogen-bond donors (Lipinski definition) is 1. The maximum Gasteiger partial charge on any atom is 0.253 e. The van der Waals surface area contributed by atoms with E-state index >= 15 is 0 Å². The van der Waals surface area contributed by atoms with E-state index in [1.807, 2.05) is 35.7 Å². The standard InChI is InChI=1S/C20H16ClN3O3S4/c21-16-7-8-17(30-16)31(26,27)24-10-3-5-14(24)18(25)23-19-12(9-11-28-19)20-22-13-4-1-2-6-15(13)29-20/h1-2,4,6-9,11,14H,3,5,10H2,(H,23,25). The number of para-hydroxylation sites is 1. The van der Waals surface area contributed by atoms with Crippen LogP contribution in [0.5, 0.6) is 0 Å². The molecule has 0 bridgehead atoms. The topological polar surface area (TPSA) is 79.4 Å². The highest BCUT2D eigenvalue weighted by atomic mass is 35.5. The van der Waals surface area contributed by atoms with Gasteiger partial charge in [-0.1, -0.05) is 23.7 Å². The molecule has 3 aromatic heterocycles. The van der Waals surface area contributed by atoms with Gasteiger partial charge in [0.05, 0.1) is 14.6 Å². The molecule has 0 spiro atoms. The van der Waals surface area contributed by atoms with Crippen molar-refractivity contribution in [2.75, 3.05) is 11.9 Å². The van der Waals surface area contributed by atoms with Crippen molar-refractivity contribution in [2.45, 2.75) is 23.1 Å². The van der Waals surface area contributed by atoms with Crippen LogP contribution in [0.4, 0.5) is 5.00 Å². The molecule has 0 radical (unpaired) electrons. The Morgan fingerprint density at radius 1 is 1.16 bits per heavy atom. The minimum Gasteiger partial charge on any atom is -0.316 e. The molecule has 1 amide bonds. The van der Waals surface area contributed by atoms with Crippen molar-refractivity contribution >= 4 is 76.8 Å². The maximum atomic E-state index is 13.1. The molecule has 0 saturated carbocycles. The van der Waals surface area contributed by atoms with Crippen molar-refractivity contribution in [3.05, 3.63) is 52.2 Å². The lowest BCUT2D eigenvalue weighted by Crippen LogP contribution is -2.42. The van der Waals surface area contributed by atoms with Crippen molar-refractivity contribution in [1.82, 2.24) is 9.29 Å². The molecule has 1 fully saturated rings. The molecule has 31 heavy (non-hydrogen) atoms. The van der Waals surface area contributed by atoms with Crippen LogP contribution in [0.2, 0.25) is 4.34 Å². The fourth-order valence-electron chi connectivity index (χ4n) is 3.60. The number of aromatic nitrogens is 1. The third-order valence-electron chi connectivity index (χ3n) is 5.04. The van der Waals surface area contributed by atoms with Crippen LogP contribution in [-0.4, -0.2) is 36.2 Å². The number of sulfonamides is 1.